The number of carboxylic acids is 1. The summed E-state index contributed by atoms with van der Waals surface area (Å²) in [5, 5.41) is 17.7. The van der Waals surface area contributed by atoms with Crippen LogP contribution < -0.4 is 4.72 Å². The molecule has 7 nitrogen and oxygen atoms in total. The van der Waals surface area contributed by atoms with Crippen molar-refractivity contribution in [3.63, 3.8) is 0 Å². The Bertz CT molecular complexity index is 443. The molecule has 110 valence electrons. The van der Waals surface area contributed by atoms with E-state index in [0.29, 0.717) is 6.42 Å². The molecule has 8 heteroatoms. The molecule has 0 saturated heterocycles. The first kappa shape index (κ1) is 17.8. The second-order valence-corrected chi connectivity index (χ2v) is 6.44. The van der Waals surface area contributed by atoms with Crippen LogP contribution in [0.15, 0.2) is 0 Å². The number of hydrogen-bond acceptors (Lipinski definition) is 4. The topological polar surface area (TPSA) is 111 Å². The van der Waals surface area contributed by atoms with Gasteiger partial charge in [0.2, 0.25) is 0 Å². The van der Waals surface area contributed by atoms with Crippen molar-refractivity contribution in [1.29, 1.82) is 5.26 Å². The molecule has 0 amide bonds. The van der Waals surface area contributed by atoms with Crippen LogP contribution in [0.4, 0.5) is 0 Å². The fraction of sp³-hybridized carbons (Fsp3) is 0.818. The maximum Gasteiger partial charge on any atom is 0.322 e. The molecule has 0 aliphatic carbocycles. The maximum atomic E-state index is 12.0. The van der Waals surface area contributed by atoms with Gasteiger partial charge >= 0.3 is 5.97 Å². The van der Waals surface area contributed by atoms with Crippen molar-refractivity contribution in [3.8, 4) is 6.07 Å². The molecule has 1 unspecified atom stereocenters. The van der Waals surface area contributed by atoms with E-state index in [4.69, 9.17) is 10.4 Å². The number of carboxylic acid groups (broad SMARTS) is 1. The van der Waals surface area contributed by atoms with Gasteiger partial charge in [0.15, 0.2) is 0 Å². The van der Waals surface area contributed by atoms with Crippen molar-refractivity contribution >= 4 is 16.2 Å². The molecule has 0 aromatic rings. The number of rotatable bonds is 8. The Morgan fingerprint density at radius 3 is 2.37 bits per heavy atom. The number of hydrogen-bond donors (Lipinski definition) is 2. The van der Waals surface area contributed by atoms with Crippen LogP contribution in [0.5, 0.6) is 0 Å². The Hall–Kier alpha value is -1.17. The summed E-state index contributed by atoms with van der Waals surface area (Å²) in [4.78, 5) is 11.1. The molecule has 0 bridgehead atoms. The van der Waals surface area contributed by atoms with Crippen LogP contribution in [-0.2, 0) is 15.0 Å². The molecule has 0 aromatic carbocycles. The van der Waals surface area contributed by atoms with E-state index < -0.39 is 28.1 Å². The minimum Gasteiger partial charge on any atom is -0.480 e. The molecule has 0 aliphatic heterocycles. The third kappa shape index (κ3) is 5.55. The van der Waals surface area contributed by atoms with Crippen LogP contribution in [0.3, 0.4) is 0 Å². The highest BCUT2D eigenvalue weighted by Crippen LogP contribution is 2.11. The second kappa shape index (κ2) is 7.43. The average Bonchev–Trinajstić information content (AvgIpc) is 2.34. The van der Waals surface area contributed by atoms with Gasteiger partial charge in [-0.05, 0) is 12.8 Å². The second-order valence-electron chi connectivity index (χ2n) is 4.63. The molecular formula is C11H21N3O4S. The highest BCUT2D eigenvalue weighted by atomic mass is 32.2. The lowest BCUT2D eigenvalue weighted by atomic mass is 10.0. The first-order valence-corrected chi connectivity index (χ1v) is 7.45. The zero-order valence-corrected chi connectivity index (χ0v) is 12.4. The van der Waals surface area contributed by atoms with E-state index in [1.165, 1.54) is 7.05 Å². The Balaban J connectivity index is 4.92. The van der Waals surface area contributed by atoms with Gasteiger partial charge in [-0.25, -0.2) is 0 Å². The van der Waals surface area contributed by atoms with Crippen LogP contribution >= 0.6 is 0 Å². The number of aliphatic carboxylic acids is 1. The molecule has 0 aliphatic rings. The van der Waals surface area contributed by atoms with E-state index in [1.807, 2.05) is 6.07 Å². The summed E-state index contributed by atoms with van der Waals surface area (Å²) in [6.45, 7) is 5.06. The Labute approximate surface area is 114 Å². The van der Waals surface area contributed by atoms with Crippen molar-refractivity contribution in [2.45, 2.75) is 33.2 Å². The molecule has 0 spiro atoms. The lowest BCUT2D eigenvalue weighted by Gasteiger charge is -2.24. The first-order chi connectivity index (χ1) is 8.65. The lowest BCUT2D eigenvalue weighted by Crippen LogP contribution is -2.50. The SMILES string of the molecule is CC[C@H](C)[C@H](NS(=O)(=O)N(C)CC(C)C#N)C(=O)O. The minimum absolute atomic E-state index is 0.0126. The summed E-state index contributed by atoms with van der Waals surface area (Å²) in [5.74, 6) is -2.00. The zero-order chi connectivity index (χ0) is 15.2. The Morgan fingerprint density at radius 2 is 2.00 bits per heavy atom. The van der Waals surface area contributed by atoms with Gasteiger partial charge in [-0.1, -0.05) is 20.3 Å². The number of nitriles is 1. The van der Waals surface area contributed by atoms with Gasteiger partial charge in [0.25, 0.3) is 10.2 Å². The Morgan fingerprint density at radius 1 is 1.47 bits per heavy atom. The van der Waals surface area contributed by atoms with Crippen molar-refractivity contribution in [3.05, 3.63) is 0 Å². The molecule has 0 heterocycles. The summed E-state index contributed by atoms with van der Waals surface area (Å²) in [6, 6.07) is 0.756. The third-order valence-electron chi connectivity index (χ3n) is 2.92. The number of nitrogens with zero attached hydrogens (tertiary/aromatic N) is 2. The normalized spacial score (nSPS) is 16.6. The van der Waals surface area contributed by atoms with Gasteiger partial charge in [0.05, 0.1) is 12.0 Å². The van der Waals surface area contributed by atoms with E-state index in [9.17, 15) is 13.2 Å². The largest absolute Gasteiger partial charge is 0.480 e. The minimum atomic E-state index is -3.91. The summed E-state index contributed by atoms with van der Waals surface area (Å²) in [7, 11) is -2.60. The van der Waals surface area contributed by atoms with Crippen LogP contribution in [0, 0.1) is 23.2 Å². The standard InChI is InChI=1S/C11H21N3O4S/c1-5-9(3)10(11(15)16)13-19(17,18)14(4)7-8(2)6-12/h8-10,13H,5,7H2,1-4H3,(H,15,16)/t8?,9-,10-/m0/s1. The van der Waals surface area contributed by atoms with Crippen molar-refractivity contribution in [2.24, 2.45) is 11.8 Å². The zero-order valence-electron chi connectivity index (χ0n) is 11.6. The molecule has 0 rings (SSSR count). The third-order valence-corrected chi connectivity index (χ3v) is 4.44. The lowest BCUT2D eigenvalue weighted by molar-refractivity contribution is -0.140. The van der Waals surface area contributed by atoms with Crippen molar-refractivity contribution in [1.82, 2.24) is 9.03 Å². The molecule has 0 saturated carbocycles. The fourth-order valence-electron chi connectivity index (χ4n) is 1.42. The maximum absolute atomic E-state index is 12.0. The quantitative estimate of drug-likeness (QED) is 0.673. The van der Waals surface area contributed by atoms with Gasteiger partial charge < -0.3 is 5.11 Å². The molecular weight excluding hydrogens is 270 g/mol. The molecule has 2 N–H and O–H groups in total. The number of carbonyl (C=O) groups is 1. The summed E-state index contributed by atoms with van der Waals surface area (Å²) < 4.78 is 27.0. The van der Waals surface area contributed by atoms with E-state index in [2.05, 4.69) is 4.72 Å². The highest BCUT2D eigenvalue weighted by Gasteiger charge is 2.30. The van der Waals surface area contributed by atoms with Crippen LogP contribution in [0.1, 0.15) is 27.2 Å². The molecule has 0 radical (unpaired) electrons. The van der Waals surface area contributed by atoms with E-state index in [0.717, 1.165) is 4.31 Å². The fourth-order valence-corrected chi connectivity index (χ4v) is 2.67. The van der Waals surface area contributed by atoms with Gasteiger partial charge in [0, 0.05) is 13.6 Å². The molecule has 0 fully saturated rings. The van der Waals surface area contributed by atoms with Crippen molar-refractivity contribution < 1.29 is 18.3 Å². The summed E-state index contributed by atoms with van der Waals surface area (Å²) >= 11 is 0. The summed E-state index contributed by atoms with van der Waals surface area (Å²) in [5.41, 5.74) is 0. The van der Waals surface area contributed by atoms with E-state index in [1.54, 1.807) is 20.8 Å². The number of nitrogens with one attached hydrogen (secondary N) is 1. The van der Waals surface area contributed by atoms with Crippen LogP contribution in [0.2, 0.25) is 0 Å². The van der Waals surface area contributed by atoms with Gasteiger partial charge in [-0.2, -0.15) is 22.7 Å². The predicted molar refractivity (Wildman–Crippen MR) is 70.3 cm³/mol. The van der Waals surface area contributed by atoms with E-state index in [-0.39, 0.29) is 12.5 Å². The molecule has 0 aromatic heterocycles. The summed E-state index contributed by atoms with van der Waals surface area (Å²) in [6.07, 6.45) is 0.539. The predicted octanol–water partition coefficient (Wildman–Crippen LogP) is 0.412. The molecule has 19 heavy (non-hydrogen) atoms. The van der Waals surface area contributed by atoms with E-state index >= 15 is 0 Å². The van der Waals surface area contributed by atoms with Crippen molar-refractivity contribution in [2.75, 3.05) is 13.6 Å². The Kier molecular flexibility index (Phi) is 6.97. The van der Waals surface area contributed by atoms with Gasteiger partial charge in [-0.3, -0.25) is 4.79 Å². The average molecular weight is 291 g/mol. The van der Waals surface area contributed by atoms with Crippen LogP contribution in [-0.4, -0.2) is 43.4 Å². The first-order valence-electron chi connectivity index (χ1n) is 6.01. The van der Waals surface area contributed by atoms with Gasteiger partial charge in [-0.15, -0.1) is 0 Å². The monoisotopic (exact) mass is 291 g/mol. The highest BCUT2D eigenvalue weighted by molar-refractivity contribution is 7.87. The van der Waals surface area contributed by atoms with Crippen LogP contribution in [0.25, 0.3) is 0 Å². The molecule has 3 atom stereocenters. The van der Waals surface area contributed by atoms with Gasteiger partial charge in [0.1, 0.15) is 6.04 Å². The smallest absolute Gasteiger partial charge is 0.322 e.